The van der Waals surface area contributed by atoms with Gasteiger partial charge >= 0.3 is 5.97 Å². The van der Waals surface area contributed by atoms with Crippen molar-refractivity contribution >= 4 is 17.3 Å². The summed E-state index contributed by atoms with van der Waals surface area (Å²) in [7, 11) is 0. The van der Waals surface area contributed by atoms with E-state index in [1.807, 2.05) is 32.0 Å². The SMILES string of the molecule is Cc1cc(C(=O)OCc2cccnc2)sc1C. The minimum atomic E-state index is -0.268. The Hall–Kier alpha value is -1.68. The minimum absolute atomic E-state index is 0.267. The average molecular weight is 247 g/mol. The quantitative estimate of drug-likeness (QED) is 0.782. The fraction of sp³-hybridized carbons (Fsp3) is 0.231. The van der Waals surface area contributed by atoms with Crippen molar-refractivity contribution in [2.75, 3.05) is 0 Å². The summed E-state index contributed by atoms with van der Waals surface area (Å²) >= 11 is 1.47. The zero-order chi connectivity index (χ0) is 12.3. The summed E-state index contributed by atoms with van der Waals surface area (Å²) in [5.74, 6) is -0.268. The zero-order valence-electron chi connectivity index (χ0n) is 9.77. The third-order valence-electron chi connectivity index (χ3n) is 2.46. The molecule has 2 heterocycles. The van der Waals surface area contributed by atoms with E-state index in [1.165, 1.54) is 11.3 Å². The second kappa shape index (κ2) is 5.10. The van der Waals surface area contributed by atoms with Gasteiger partial charge in [-0.25, -0.2) is 4.79 Å². The first-order valence-electron chi connectivity index (χ1n) is 5.30. The third-order valence-corrected chi connectivity index (χ3v) is 3.59. The van der Waals surface area contributed by atoms with E-state index in [2.05, 4.69) is 4.98 Å². The van der Waals surface area contributed by atoms with Crippen molar-refractivity contribution < 1.29 is 9.53 Å². The van der Waals surface area contributed by atoms with Crippen LogP contribution in [0.5, 0.6) is 0 Å². The molecule has 0 atom stereocenters. The molecule has 0 N–H and O–H groups in total. The van der Waals surface area contributed by atoms with Crippen LogP contribution in [0.4, 0.5) is 0 Å². The predicted octanol–water partition coefficient (Wildman–Crippen LogP) is 3.12. The molecule has 2 aromatic rings. The topological polar surface area (TPSA) is 39.2 Å². The summed E-state index contributed by atoms with van der Waals surface area (Å²) in [5.41, 5.74) is 2.02. The molecule has 2 aromatic heterocycles. The lowest BCUT2D eigenvalue weighted by Crippen LogP contribution is -2.03. The molecule has 0 radical (unpaired) electrons. The summed E-state index contributed by atoms with van der Waals surface area (Å²) in [6, 6.07) is 5.57. The standard InChI is InChI=1S/C13H13NO2S/c1-9-6-12(17-10(9)2)13(15)16-8-11-4-3-5-14-7-11/h3-7H,8H2,1-2H3. The molecular weight excluding hydrogens is 234 g/mol. The fourth-order valence-electron chi connectivity index (χ4n) is 1.38. The first kappa shape index (κ1) is 11.8. The molecule has 0 saturated carbocycles. The van der Waals surface area contributed by atoms with E-state index >= 15 is 0 Å². The summed E-state index contributed by atoms with van der Waals surface area (Å²) in [5, 5.41) is 0. The molecule has 0 bridgehead atoms. The highest BCUT2D eigenvalue weighted by Gasteiger charge is 2.11. The summed E-state index contributed by atoms with van der Waals surface area (Å²) in [4.78, 5) is 17.5. The summed E-state index contributed by atoms with van der Waals surface area (Å²) < 4.78 is 5.21. The third kappa shape index (κ3) is 2.91. The highest BCUT2D eigenvalue weighted by Crippen LogP contribution is 2.21. The molecule has 0 fully saturated rings. The molecule has 3 nitrogen and oxygen atoms in total. The molecule has 0 aliphatic carbocycles. The maximum atomic E-state index is 11.8. The number of carbonyl (C=O) groups is 1. The highest BCUT2D eigenvalue weighted by atomic mass is 32.1. The Balaban J connectivity index is 1.98. The molecule has 0 saturated heterocycles. The van der Waals surface area contributed by atoms with Gasteiger partial charge in [-0.2, -0.15) is 0 Å². The Morgan fingerprint density at radius 3 is 2.88 bits per heavy atom. The van der Waals surface area contributed by atoms with Gasteiger partial charge < -0.3 is 4.74 Å². The van der Waals surface area contributed by atoms with E-state index in [4.69, 9.17) is 4.74 Å². The van der Waals surface area contributed by atoms with Crippen LogP contribution in [0.15, 0.2) is 30.6 Å². The second-order valence-corrected chi connectivity index (χ2v) is 5.04. The van der Waals surface area contributed by atoms with Gasteiger partial charge in [-0.15, -0.1) is 11.3 Å². The van der Waals surface area contributed by atoms with E-state index in [0.717, 1.165) is 16.0 Å². The molecule has 17 heavy (non-hydrogen) atoms. The maximum Gasteiger partial charge on any atom is 0.348 e. The van der Waals surface area contributed by atoms with Gasteiger partial charge in [0, 0.05) is 22.8 Å². The van der Waals surface area contributed by atoms with Crippen LogP contribution in [0.1, 0.15) is 25.7 Å². The number of ether oxygens (including phenoxy) is 1. The lowest BCUT2D eigenvalue weighted by molar-refractivity contribution is 0.0478. The first-order chi connectivity index (χ1) is 8.16. The number of nitrogens with zero attached hydrogens (tertiary/aromatic N) is 1. The van der Waals surface area contributed by atoms with Crippen molar-refractivity contribution in [1.82, 2.24) is 4.98 Å². The number of thiophene rings is 1. The maximum absolute atomic E-state index is 11.8. The predicted molar refractivity (Wildman–Crippen MR) is 67.1 cm³/mol. The molecule has 88 valence electrons. The van der Waals surface area contributed by atoms with Crippen LogP contribution < -0.4 is 0 Å². The summed E-state index contributed by atoms with van der Waals surface area (Å²) in [6.07, 6.45) is 3.38. The lowest BCUT2D eigenvalue weighted by Gasteiger charge is -2.02. The minimum Gasteiger partial charge on any atom is -0.457 e. The number of pyridine rings is 1. The fourth-order valence-corrected chi connectivity index (χ4v) is 2.31. The second-order valence-electron chi connectivity index (χ2n) is 3.79. The number of aryl methyl sites for hydroxylation is 2. The Bertz CT molecular complexity index is 500. The highest BCUT2D eigenvalue weighted by molar-refractivity contribution is 7.14. The lowest BCUT2D eigenvalue weighted by atomic mass is 10.3. The van der Waals surface area contributed by atoms with Gasteiger partial charge in [-0.1, -0.05) is 6.07 Å². The van der Waals surface area contributed by atoms with Crippen molar-refractivity contribution in [3.05, 3.63) is 51.5 Å². The van der Waals surface area contributed by atoms with Gasteiger partial charge in [-0.3, -0.25) is 4.98 Å². The van der Waals surface area contributed by atoms with Crippen LogP contribution in [-0.2, 0) is 11.3 Å². The molecule has 0 spiro atoms. The summed E-state index contributed by atoms with van der Waals surface area (Å²) in [6.45, 7) is 4.25. The Labute approximate surface area is 104 Å². The molecule has 2 rings (SSSR count). The van der Waals surface area contributed by atoms with Crippen molar-refractivity contribution in [1.29, 1.82) is 0 Å². The average Bonchev–Trinajstić information content (AvgIpc) is 2.68. The Kier molecular flexibility index (Phi) is 3.54. The van der Waals surface area contributed by atoms with Gasteiger partial charge in [0.1, 0.15) is 11.5 Å². The van der Waals surface area contributed by atoms with Crippen molar-refractivity contribution in [3.63, 3.8) is 0 Å². The molecule has 0 amide bonds. The van der Waals surface area contributed by atoms with Crippen LogP contribution >= 0.6 is 11.3 Å². The van der Waals surface area contributed by atoms with E-state index < -0.39 is 0 Å². The van der Waals surface area contributed by atoms with Crippen molar-refractivity contribution in [2.45, 2.75) is 20.5 Å². The van der Waals surface area contributed by atoms with Crippen LogP contribution in [0.3, 0.4) is 0 Å². The van der Waals surface area contributed by atoms with Crippen LogP contribution in [0.2, 0.25) is 0 Å². The van der Waals surface area contributed by atoms with Crippen LogP contribution in [0.25, 0.3) is 0 Å². The molecule has 0 aliphatic heterocycles. The number of rotatable bonds is 3. The van der Waals surface area contributed by atoms with E-state index in [1.54, 1.807) is 12.4 Å². The smallest absolute Gasteiger partial charge is 0.348 e. The van der Waals surface area contributed by atoms with Crippen LogP contribution in [-0.4, -0.2) is 11.0 Å². The first-order valence-corrected chi connectivity index (χ1v) is 6.11. The zero-order valence-corrected chi connectivity index (χ0v) is 10.6. The normalized spacial score (nSPS) is 10.2. The number of hydrogen-bond donors (Lipinski definition) is 0. The van der Waals surface area contributed by atoms with Gasteiger partial charge in [0.05, 0.1) is 0 Å². The van der Waals surface area contributed by atoms with E-state index in [-0.39, 0.29) is 12.6 Å². The van der Waals surface area contributed by atoms with Gasteiger partial charge in [0.2, 0.25) is 0 Å². The largest absolute Gasteiger partial charge is 0.457 e. The van der Waals surface area contributed by atoms with Gasteiger partial charge in [0.25, 0.3) is 0 Å². The van der Waals surface area contributed by atoms with E-state index in [9.17, 15) is 4.79 Å². The monoisotopic (exact) mass is 247 g/mol. The van der Waals surface area contributed by atoms with E-state index in [0.29, 0.717) is 4.88 Å². The Morgan fingerprint density at radius 2 is 2.29 bits per heavy atom. The molecular formula is C13H13NO2S. The molecule has 0 aliphatic rings. The molecule has 0 aromatic carbocycles. The molecule has 0 unspecified atom stereocenters. The number of hydrogen-bond acceptors (Lipinski definition) is 4. The van der Waals surface area contributed by atoms with Gasteiger partial charge in [0.15, 0.2) is 0 Å². The van der Waals surface area contributed by atoms with Gasteiger partial charge in [-0.05, 0) is 31.5 Å². The number of carbonyl (C=O) groups excluding carboxylic acids is 1. The van der Waals surface area contributed by atoms with Crippen molar-refractivity contribution in [2.24, 2.45) is 0 Å². The van der Waals surface area contributed by atoms with Crippen LogP contribution in [0, 0.1) is 13.8 Å². The Morgan fingerprint density at radius 1 is 1.47 bits per heavy atom. The molecule has 4 heteroatoms. The van der Waals surface area contributed by atoms with Crippen molar-refractivity contribution in [3.8, 4) is 0 Å². The number of aromatic nitrogens is 1. The number of esters is 1.